The number of nitrogens with one attached hydrogen (secondary N) is 2. The number of methoxy groups -OCH3 is 2. The highest BCUT2D eigenvalue weighted by molar-refractivity contribution is 7.90. The van der Waals surface area contributed by atoms with Crippen LogP contribution < -0.4 is 19.5 Å². The number of aromatic nitrogens is 3. The first kappa shape index (κ1) is 21.3. The average Bonchev–Trinajstić information content (AvgIpc) is 2.66. The second-order valence-corrected chi connectivity index (χ2v) is 7.34. The van der Waals surface area contributed by atoms with Crippen molar-refractivity contribution in [3.8, 4) is 11.8 Å². The molecule has 12 heteroatoms. The van der Waals surface area contributed by atoms with Crippen molar-refractivity contribution in [2.75, 3.05) is 19.5 Å². The maximum Gasteiger partial charge on any atom is 0.335 e. The van der Waals surface area contributed by atoms with E-state index in [2.05, 4.69) is 20.3 Å². The molecule has 2 aromatic heterocycles. The molecule has 0 spiro atoms. The number of urea groups is 1. The zero-order valence-corrected chi connectivity index (χ0v) is 16.4. The lowest BCUT2D eigenvalue weighted by molar-refractivity contribution is 0.256. The van der Waals surface area contributed by atoms with Crippen LogP contribution >= 0.6 is 0 Å². The maximum absolute atomic E-state index is 13.7. The van der Waals surface area contributed by atoms with Crippen LogP contribution in [0.5, 0.6) is 11.8 Å². The summed E-state index contributed by atoms with van der Waals surface area (Å²) in [4.78, 5) is 23.6. The van der Waals surface area contributed by atoms with Crippen LogP contribution in [0.1, 0.15) is 25.5 Å². The second kappa shape index (κ2) is 8.78. The van der Waals surface area contributed by atoms with Gasteiger partial charge in [0.2, 0.25) is 17.7 Å². The van der Waals surface area contributed by atoms with Crippen molar-refractivity contribution >= 4 is 22.0 Å². The van der Waals surface area contributed by atoms with Crippen molar-refractivity contribution in [2.24, 2.45) is 0 Å². The van der Waals surface area contributed by atoms with Gasteiger partial charge in [-0.2, -0.15) is 9.97 Å². The summed E-state index contributed by atoms with van der Waals surface area (Å²) < 4.78 is 50.6. The van der Waals surface area contributed by atoms with Crippen LogP contribution in [-0.4, -0.2) is 49.8 Å². The van der Waals surface area contributed by atoms with Gasteiger partial charge >= 0.3 is 6.03 Å². The van der Waals surface area contributed by atoms with E-state index in [9.17, 15) is 17.6 Å². The lowest BCUT2D eigenvalue weighted by Gasteiger charge is -2.16. The first-order valence-corrected chi connectivity index (χ1v) is 9.56. The molecule has 2 amide bonds. The van der Waals surface area contributed by atoms with E-state index in [1.165, 1.54) is 52.5 Å². The lowest BCUT2D eigenvalue weighted by atomic mass is 10.0. The van der Waals surface area contributed by atoms with Gasteiger partial charge in [-0.05, 0) is 19.1 Å². The first-order valence-electron chi connectivity index (χ1n) is 8.07. The van der Waals surface area contributed by atoms with Gasteiger partial charge in [-0.1, -0.05) is 6.92 Å². The van der Waals surface area contributed by atoms with Gasteiger partial charge in [-0.25, -0.2) is 22.3 Å². The van der Waals surface area contributed by atoms with Crippen LogP contribution in [0, 0.1) is 0 Å². The highest BCUT2D eigenvalue weighted by Gasteiger charge is 2.27. The Morgan fingerprint density at radius 3 is 2.32 bits per heavy atom. The van der Waals surface area contributed by atoms with Gasteiger partial charge in [0.1, 0.15) is 11.1 Å². The fourth-order valence-corrected chi connectivity index (χ4v) is 3.34. The highest BCUT2D eigenvalue weighted by Crippen LogP contribution is 2.25. The van der Waals surface area contributed by atoms with Gasteiger partial charge in [-0.15, -0.1) is 0 Å². The lowest BCUT2D eigenvalue weighted by Crippen LogP contribution is -2.35. The molecular formula is C16H20FN5O5S. The standard InChI is InChI=1S/C16H20FN5O5S/c1-9(10(2)17)14-11(6-5-7-18-14)28(24,25)22-16(23)21-15-19-12(26-3)8-13(20-15)27-4/h5-10H,1-4H3,(H2,19,20,21,22,23). The zero-order chi connectivity index (χ0) is 20.9. The molecule has 0 saturated heterocycles. The van der Waals surface area contributed by atoms with Crippen LogP contribution in [-0.2, 0) is 10.0 Å². The molecule has 2 unspecified atom stereocenters. The van der Waals surface area contributed by atoms with Crippen LogP contribution in [0.15, 0.2) is 29.3 Å². The molecule has 2 rings (SSSR count). The number of sulfonamides is 1. The van der Waals surface area contributed by atoms with Crippen LogP contribution in [0.25, 0.3) is 0 Å². The number of halogens is 1. The normalized spacial score (nSPS) is 13.3. The molecule has 0 aliphatic rings. The minimum Gasteiger partial charge on any atom is -0.481 e. The molecule has 2 atom stereocenters. The average molecular weight is 413 g/mol. The molecule has 0 aliphatic carbocycles. The summed E-state index contributed by atoms with van der Waals surface area (Å²) in [7, 11) is -1.62. The summed E-state index contributed by atoms with van der Waals surface area (Å²) in [6.45, 7) is 2.80. The van der Waals surface area contributed by atoms with Crippen molar-refractivity contribution < 1.29 is 27.1 Å². The first-order chi connectivity index (χ1) is 13.2. The predicted octanol–water partition coefficient (Wildman–Crippen LogP) is 1.86. The van der Waals surface area contributed by atoms with E-state index in [0.717, 1.165) is 0 Å². The number of rotatable bonds is 7. The minimum absolute atomic E-state index is 0.0112. The number of carbonyl (C=O) groups excluding carboxylic acids is 1. The van der Waals surface area contributed by atoms with Crippen LogP contribution in [0.2, 0.25) is 0 Å². The minimum atomic E-state index is -4.33. The number of carbonyl (C=O) groups is 1. The summed E-state index contributed by atoms with van der Waals surface area (Å²) in [5, 5.41) is 2.18. The summed E-state index contributed by atoms with van der Waals surface area (Å²) >= 11 is 0. The number of ether oxygens (including phenoxy) is 2. The van der Waals surface area contributed by atoms with Crippen molar-refractivity contribution in [1.29, 1.82) is 0 Å². The Morgan fingerprint density at radius 2 is 1.79 bits per heavy atom. The third-order valence-corrected chi connectivity index (χ3v) is 5.14. The Hall–Kier alpha value is -3.02. The Labute approximate surface area is 161 Å². The van der Waals surface area contributed by atoms with E-state index in [0.29, 0.717) is 0 Å². The van der Waals surface area contributed by atoms with Gasteiger partial charge in [0.25, 0.3) is 10.0 Å². The number of hydrogen-bond donors (Lipinski definition) is 2. The van der Waals surface area contributed by atoms with Crippen molar-refractivity contribution in [3.05, 3.63) is 30.1 Å². The molecule has 152 valence electrons. The third kappa shape index (κ3) is 5.03. The van der Waals surface area contributed by atoms with Crippen molar-refractivity contribution in [2.45, 2.75) is 30.8 Å². The topological polar surface area (TPSA) is 132 Å². The van der Waals surface area contributed by atoms with Gasteiger partial charge in [0.15, 0.2) is 0 Å². The molecular weight excluding hydrogens is 393 g/mol. The number of nitrogens with zero attached hydrogens (tertiary/aromatic N) is 3. The van der Waals surface area contributed by atoms with Crippen LogP contribution in [0.3, 0.4) is 0 Å². The van der Waals surface area contributed by atoms with Gasteiger partial charge < -0.3 is 9.47 Å². The third-order valence-electron chi connectivity index (χ3n) is 3.76. The Balaban J connectivity index is 2.25. The Kier molecular flexibility index (Phi) is 6.67. The molecule has 0 fully saturated rings. The molecule has 2 N–H and O–H groups in total. The van der Waals surface area contributed by atoms with Crippen molar-refractivity contribution in [1.82, 2.24) is 19.7 Å². The Morgan fingerprint density at radius 1 is 1.18 bits per heavy atom. The SMILES string of the molecule is COc1cc(OC)nc(NC(=O)NS(=O)(=O)c2cccnc2C(C)C(C)F)n1. The number of amides is 2. The monoisotopic (exact) mass is 413 g/mol. The summed E-state index contributed by atoms with van der Waals surface area (Å²) in [5.41, 5.74) is 0.0112. The fraction of sp³-hybridized carbons (Fsp3) is 0.375. The number of pyridine rings is 1. The summed E-state index contributed by atoms with van der Waals surface area (Å²) in [6, 6.07) is 2.87. The second-order valence-electron chi connectivity index (χ2n) is 5.69. The van der Waals surface area contributed by atoms with Crippen LogP contribution in [0.4, 0.5) is 15.1 Å². The molecule has 2 aromatic rings. The summed E-state index contributed by atoms with van der Waals surface area (Å²) in [6.07, 6.45) is 0.0132. The number of hydrogen-bond acceptors (Lipinski definition) is 8. The number of anilines is 1. The highest BCUT2D eigenvalue weighted by atomic mass is 32.2. The molecule has 0 aromatic carbocycles. The van der Waals surface area contributed by atoms with E-state index in [1.807, 2.05) is 4.72 Å². The van der Waals surface area contributed by atoms with Gasteiger partial charge in [0.05, 0.1) is 26.0 Å². The maximum atomic E-state index is 13.7. The molecule has 0 saturated carbocycles. The largest absolute Gasteiger partial charge is 0.481 e. The van der Waals surface area contributed by atoms with E-state index in [1.54, 1.807) is 0 Å². The van der Waals surface area contributed by atoms with Crippen molar-refractivity contribution in [3.63, 3.8) is 0 Å². The molecule has 0 bridgehead atoms. The quantitative estimate of drug-likeness (QED) is 0.703. The van der Waals surface area contributed by atoms with Gasteiger partial charge in [-0.3, -0.25) is 10.3 Å². The fourth-order valence-electron chi connectivity index (χ4n) is 2.16. The van der Waals surface area contributed by atoms with E-state index in [4.69, 9.17) is 9.47 Å². The smallest absolute Gasteiger partial charge is 0.335 e. The summed E-state index contributed by atoms with van der Waals surface area (Å²) in [5.74, 6) is -0.821. The van der Waals surface area contributed by atoms with E-state index >= 15 is 0 Å². The van der Waals surface area contributed by atoms with E-state index < -0.39 is 28.1 Å². The predicted molar refractivity (Wildman–Crippen MR) is 97.7 cm³/mol. The number of alkyl halides is 1. The van der Waals surface area contributed by atoms with E-state index in [-0.39, 0.29) is 28.3 Å². The zero-order valence-electron chi connectivity index (χ0n) is 15.6. The molecule has 10 nitrogen and oxygen atoms in total. The Bertz CT molecular complexity index is 932. The molecule has 0 radical (unpaired) electrons. The van der Waals surface area contributed by atoms with Gasteiger partial charge in [0, 0.05) is 12.1 Å². The molecule has 0 aliphatic heterocycles. The molecule has 28 heavy (non-hydrogen) atoms. The molecule has 2 heterocycles.